The molecule has 1 unspecified atom stereocenters. The average molecular weight is 467 g/mol. The Morgan fingerprint density at radius 1 is 1.25 bits per heavy atom. The first-order chi connectivity index (χ1) is 15.3. The van der Waals surface area contributed by atoms with Gasteiger partial charge in [-0.05, 0) is 37.1 Å². The number of thioether (sulfide) groups is 1. The van der Waals surface area contributed by atoms with Crippen LogP contribution in [-0.2, 0) is 23.9 Å². The molecule has 178 valence electrons. The van der Waals surface area contributed by atoms with Gasteiger partial charge in [0.05, 0.1) is 13.7 Å². The van der Waals surface area contributed by atoms with Gasteiger partial charge in [-0.2, -0.15) is 11.8 Å². The second-order valence-electron chi connectivity index (χ2n) is 7.84. The van der Waals surface area contributed by atoms with Crippen molar-refractivity contribution >= 4 is 35.3 Å². The Kier molecular flexibility index (Phi) is 10.2. The lowest BCUT2D eigenvalue weighted by Crippen LogP contribution is -2.45. The molecule has 0 fully saturated rings. The molecule has 1 aromatic rings. The van der Waals surface area contributed by atoms with E-state index in [0.29, 0.717) is 0 Å². The summed E-state index contributed by atoms with van der Waals surface area (Å²) in [4.78, 5) is 36.6. The normalized spacial score (nSPS) is 20.4. The highest BCUT2D eigenvalue weighted by atomic mass is 32.2. The third-order valence-electron chi connectivity index (χ3n) is 5.46. The summed E-state index contributed by atoms with van der Waals surface area (Å²) < 4.78 is 10.2. The standard InChI is InChI=1S/C23H34N2O6S/c1-5-7-8-9-16-20(23(29)31-6-2)25-18-11-10-15(27)12-17(18)21(16)32-13-19(22(28)30-4)24-14(3)26/h10-12,16,19-21,25,27H,5-9,13H2,1-4H3,(H,24,26)/t16?,19-,20+,21-/m0/s1. The van der Waals surface area contributed by atoms with Crippen molar-refractivity contribution in [2.45, 2.75) is 63.8 Å². The summed E-state index contributed by atoms with van der Waals surface area (Å²) >= 11 is 1.47. The van der Waals surface area contributed by atoms with E-state index in [9.17, 15) is 19.5 Å². The van der Waals surface area contributed by atoms with Crippen LogP contribution in [0.25, 0.3) is 0 Å². The van der Waals surface area contributed by atoms with Crippen LogP contribution < -0.4 is 10.6 Å². The van der Waals surface area contributed by atoms with Crippen LogP contribution >= 0.6 is 11.8 Å². The zero-order valence-corrected chi connectivity index (χ0v) is 20.0. The van der Waals surface area contributed by atoms with Gasteiger partial charge >= 0.3 is 11.9 Å². The Bertz CT molecular complexity index is 803. The lowest BCUT2D eigenvalue weighted by Gasteiger charge is -2.39. The maximum absolute atomic E-state index is 12.8. The second-order valence-corrected chi connectivity index (χ2v) is 9.01. The number of hydrogen-bond donors (Lipinski definition) is 3. The summed E-state index contributed by atoms with van der Waals surface area (Å²) in [6, 6.07) is 3.66. The first-order valence-electron chi connectivity index (χ1n) is 11.0. The van der Waals surface area contributed by atoms with Crippen molar-refractivity contribution in [1.82, 2.24) is 5.32 Å². The third-order valence-corrected chi connectivity index (χ3v) is 6.95. The molecule has 0 radical (unpaired) electrons. The van der Waals surface area contributed by atoms with Gasteiger partial charge in [0.25, 0.3) is 0 Å². The Morgan fingerprint density at radius 2 is 2.00 bits per heavy atom. The lowest BCUT2D eigenvalue weighted by molar-refractivity contribution is -0.145. The number of methoxy groups -OCH3 is 1. The minimum atomic E-state index is -0.810. The number of benzene rings is 1. The number of fused-ring (bicyclic) bond motifs is 1. The first-order valence-corrected chi connectivity index (χ1v) is 12.1. The SMILES string of the molecule is CCCCCC1[C@H](SC[C@H](NC(C)=O)C(=O)OC)c2cc(O)ccc2N[C@H]1C(=O)OCC. The van der Waals surface area contributed by atoms with Crippen molar-refractivity contribution in [1.29, 1.82) is 0 Å². The summed E-state index contributed by atoms with van der Waals surface area (Å²) in [7, 11) is 1.28. The topological polar surface area (TPSA) is 114 Å². The summed E-state index contributed by atoms with van der Waals surface area (Å²) in [6.07, 6.45) is 3.80. The zero-order chi connectivity index (χ0) is 23.7. The molecule has 9 heteroatoms. The molecule has 0 spiro atoms. The molecule has 1 aromatic carbocycles. The summed E-state index contributed by atoms with van der Waals surface area (Å²) in [5.41, 5.74) is 1.61. The maximum Gasteiger partial charge on any atom is 0.329 e. The number of hydrogen-bond acceptors (Lipinski definition) is 8. The van der Waals surface area contributed by atoms with Gasteiger partial charge in [0.1, 0.15) is 17.8 Å². The molecule has 0 aliphatic carbocycles. The van der Waals surface area contributed by atoms with Crippen molar-refractivity contribution < 1.29 is 29.0 Å². The molecule has 0 saturated heterocycles. The molecule has 1 aliphatic rings. The summed E-state index contributed by atoms with van der Waals surface area (Å²) in [5.74, 6) is -0.883. The quantitative estimate of drug-likeness (QED) is 0.258. The molecule has 1 aliphatic heterocycles. The van der Waals surface area contributed by atoms with E-state index >= 15 is 0 Å². The fourth-order valence-electron chi connectivity index (χ4n) is 3.98. The number of phenols is 1. The highest BCUT2D eigenvalue weighted by molar-refractivity contribution is 7.99. The number of esters is 2. The molecule has 0 bridgehead atoms. The smallest absolute Gasteiger partial charge is 0.329 e. The fraction of sp³-hybridized carbons (Fsp3) is 0.609. The Hall–Kier alpha value is -2.42. The van der Waals surface area contributed by atoms with Crippen molar-refractivity contribution in [3.8, 4) is 5.75 Å². The molecular weight excluding hydrogens is 432 g/mol. The number of anilines is 1. The van der Waals surface area contributed by atoms with E-state index in [4.69, 9.17) is 9.47 Å². The summed E-state index contributed by atoms with van der Waals surface area (Å²) in [5, 5.41) is 15.9. The van der Waals surface area contributed by atoms with E-state index in [-0.39, 0.29) is 41.2 Å². The van der Waals surface area contributed by atoms with Crippen molar-refractivity contribution in [2.24, 2.45) is 5.92 Å². The van der Waals surface area contributed by atoms with Gasteiger partial charge in [0.15, 0.2) is 0 Å². The highest BCUT2D eigenvalue weighted by Crippen LogP contribution is 2.48. The van der Waals surface area contributed by atoms with Crippen molar-refractivity contribution in [3.63, 3.8) is 0 Å². The molecule has 0 saturated carbocycles. The van der Waals surface area contributed by atoms with E-state index in [1.165, 1.54) is 25.8 Å². The summed E-state index contributed by atoms with van der Waals surface area (Å²) in [6.45, 7) is 5.53. The average Bonchev–Trinajstić information content (AvgIpc) is 2.76. The Labute approximate surface area is 193 Å². The van der Waals surface area contributed by atoms with Gasteiger partial charge in [0.2, 0.25) is 5.91 Å². The van der Waals surface area contributed by atoms with Gasteiger partial charge in [-0.3, -0.25) is 4.79 Å². The van der Waals surface area contributed by atoms with E-state index in [1.807, 2.05) is 0 Å². The minimum Gasteiger partial charge on any atom is -0.508 e. The van der Waals surface area contributed by atoms with Gasteiger partial charge < -0.3 is 25.2 Å². The van der Waals surface area contributed by atoms with Gasteiger partial charge in [-0.25, -0.2) is 9.59 Å². The number of carbonyl (C=O) groups is 3. The Balaban J connectivity index is 2.39. The third kappa shape index (κ3) is 6.79. The van der Waals surface area contributed by atoms with Crippen molar-refractivity contribution in [2.75, 3.05) is 24.8 Å². The molecular formula is C23H34N2O6S. The van der Waals surface area contributed by atoms with Crippen molar-refractivity contribution in [3.05, 3.63) is 23.8 Å². The van der Waals surface area contributed by atoms with Crippen LogP contribution in [0.5, 0.6) is 5.75 Å². The van der Waals surface area contributed by atoms with Crippen LogP contribution in [0.4, 0.5) is 5.69 Å². The first kappa shape index (κ1) is 25.8. The van der Waals surface area contributed by atoms with E-state index in [0.717, 1.165) is 36.9 Å². The molecule has 1 heterocycles. The van der Waals surface area contributed by atoms with Crippen LogP contribution in [0.15, 0.2) is 18.2 Å². The van der Waals surface area contributed by atoms with Crippen LogP contribution in [0.2, 0.25) is 0 Å². The molecule has 2 rings (SSSR count). The largest absolute Gasteiger partial charge is 0.508 e. The van der Waals surface area contributed by atoms with E-state index in [1.54, 1.807) is 25.1 Å². The molecule has 0 aromatic heterocycles. The van der Waals surface area contributed by atoms with E-state index < -0.39 is 18.1 Å². The van der Waals surface area contributed by atoms with E-state index in [2.05, 4.69) is 17.6 Å². The number of ether oxygens (including phenoxy) is 2. The molecule has 3 N–H and O–H groups in total. The number of unbranched alkanes of at least 4 members (excludes halogenated alkanes) is 2. The molecule has 32 heavy (non-hydrogen) atoms. The van der Waals surface area contributed by atoms with Crippen LogP contribution in [0, 0.1) is 5.92 Å². The Morgan fingerprint density at radius 3 is 2.62 bits per heavy atom. The number of carbonyl (C=O) groups excluding carboxylic acids is 3. The minimum absolute atomic E-state index is 0.115. The van der Waals surface area contributed by atoms with Gasteiger partial charge in [0, 0.05) is 29.5 Å². The van der Waals surface area contributed by atoms with Crippen LogP contribution in [0.3, 0.4) is 0 Å². The number of aromatic hydroxyl groups is 1. The number of amides is 1. The van der Waals surface area contributed by atoms with Crippen LogP contribution in [-0.4, -0.2) is 54.5 Å². The van der Waals surface area contributed by atoms with Gasteiger partial charge in [-0.1, -0.05) is 26.2 Å². The molecule has 1 amide bonds. The van der Waals surface area contributed by atoms with Crippen LogP contribution in [0.1, 0.15) is 57.3 Å². The predicted octanol–water partition coefficient (Wildman–Crippen LogP) is 3.40. The van der Waals surface area contributed by atoms with Gasteiger partial charge in [-0.15, -0.1) is 0 Å². The number of rotatable bonds is 11. The second kappa shape index (κ2) is 12.6. The predicted molar refractivity (Wildman–Crippen MR) is 125 cm³/mol. The molecule has 4 atom stereocenters. The number of nitrogens with one attached hydrogen (secondary N) is 2. The monoisotopic (exact) mass is 466 g/mol. The zero-order valence-electron chi connectivity index (χ0n) is 19.2. The molecule has 8 nitrogen and oxygen atoms in total. The highest BCUT2D eigenvalue weighted by Gasteiger charge is 2.41. The number of phenolic OH excluding ortho intramolecular Hbond substituents is 1. The maximum atomic E-state index is 12.8. The lowest BCUT2D eigenvalue weighted by atomic mass is 9.83. The fourth-order valence-corrected chi connectivity index (χ4v) is 5.51.